The highest BCUT2D eigenvalue weighted by molar-refractivity contribution is 7.19. The molecule has 29 heavy (non-hydrogen) atoms. The normalized spacial score (nSPS) is 15.6. The number of rotatable bonds is 4. The number of pyridine rings is 1. The molecule has 0 spiro atoms. The van der Waals surface area contributed by atoms with Gasteiger partial charge in [-0.3, -0.25) is 14.6 Å². The zero-order valence-electron chi connectivity index (χ0n) is 15.8. The summed E-state index contributed by atoms with van der Waals surface area (Å²) in [5.74, 6) is -1.19. The third-order valence-electron chi connectivity index (χ3n) is 4.98. The van der Waals surface area contributed by atoms with Gasteiger partial charge in [-0.1, -0.05) is 6.07 Å². The minimum absolute atomic E-state index is 0.0773. The third kappa shape index (κ3) is 3.23. The number of nitrogens with two attached hydrogens (primary N) is 1. The van der Waals surface area contributed by atoms with Crippen LogP contribution in [0.25, 0.3) is 0 Å². The standard InChI is InChI=1S/C22H18FN3O2S/c1-11-16(12(2)27)17(14-4-3-9-25-10-14)18-19(24)21(29-22(18)26-11)20(28)13-5-7-15(23)8-6-13/h3-10,17,26H,24H2,1-2H3. The van der Waals surface area contributed by atoms with Crippen LogP contribution >= 0.6 is 11.3 Å². The predicted molar refractivity (Wildman–Crippen MR) is 112 cm³/mol. The fourth-order valence-corrected chi connectivity index (χ4v) is 4.86. The van der Waals surface area contributed by atoms with E-state index in [1.54, 1.807) is 18.5 Å². The molecule has 3 N–H and O–H groups in total. The monoisotopic (exact) mass is 407 g/mol. The minimum Gasteiger partial charge on any atom is -0.397 e. The topological polar surface area (TPSA) is 85.1 Å². The Bertz CT molecular complexity index is 1150. The molecule has 1 unspecified atom stereocenters. The molecule has 3 heterocycles. The number of nitrogens with zero attached hydrogens (tertiary/aromatic N) is 1. The largest absolute Gasteiger partial charge is 0.397 e. The van der Waals surface area contributed by atoms with Crippen LogP contribution in [0.15, 0.2) is 60.1 Å². The molecule has 0 aliphatic carbocycles. The van der Waals surface area contributed by atoms with Crippen molar-refractivity contribution in [3.8, 4) is 0 Å². The molecule has 0 saturated carbocycles. The number of thiophene rings is 1. The summed E-state index contributed by atoms with van der Waals surface area (Å²) in [5.41, 5.74) is 9.97. The van der Waals surface area contributed by atoms with Crippen LogP contribution in [0.4, 0.5) is 15.1 Å². The van der Waals surface area contributed by atoms with E-state index in [2.05, 4.69) is 10.3 Å². The average Bonchev–Trinajstić information content (AvgIpc) is 3.03. The highest BCUT2D eigenvalue weighted by Crippen LogP contribution is 2.50. The number of benzene rings is 1. The molecular formula is C22H18FN3O2S. The fourth-order valence-electron chi connectivity index (χ4n) is 3.68. The lowest BCUT2D eigenvalue weighted by Crippen LogP contribution is -2.21. The van der Waals surface area contributed by atoms with E-state index >= 15 is 0 Å². The van der Waals surface area contributed by atoms with E-state index in [0.29, 0.717) is 27.3 Å². The van der Waals surface area contributed by atoms with Gasteiger partial charge in [0.25, 0.3) is 0 Å². The molecule has 0 saturated heterocycles. The van der Waals surface area contributed by atoms with Gasteiger partial charge in [-0.25, -0.2) is 4.39 Å². The van der Waals surface area contributed by atoms with Gasteiger partial charge < -0.3 is 11.1 Å². The molecule has 1 aromatic carbocycles. The van der Waals surface area contributed by atoms with E-state index in [-0.39, 0.29) is 11.6 Å². The summed E-state index contributed by atoms with van der Waals surface area (Å²) in [6, 6.07) is 9.05. The van der Waals surface area contributed by atoms with E-state index in [1.165, 1.54) is 42.5 Å². The molecule has 0 radical (unpaired) electrons. The first-order chi connectivity index (χ1) is 13.9. The zero-order valence-corrected chi connectivity index (χ0v) is 16.6. The first-order valence-electron chi connectivity index (χ1n) is 8.99. The van der Waals surface area contributed by atoms with Gasteiger partial charge in [0.2, 0.25) is 5.78 Å². The molecule has 1 atom stereocenters. The van der Waals surface area contributed by atoms with Crippen molar-refractivity contribution in [1.29, 1.82) is 0 Å². The summed E-state index contributed by atoms with van der Waals surface area (Å²) in [6.45, 7) is 3.35. The van der Waals surface area contributed by atoms with E-state index in [0.717, 1.165) is 16.3 Å². The highest BCUT2D eigenvalue weighted by atomic mass is 32.1. The Morgan fingerprint density at radius 2 is 1.93 bits per heavy atom. The zero-order chi connectivity index (χ0) is 20.7. The molecule has 0 bridgehead atoms. The Morgan fingerprint density at radius 3 is 2.55 bits per heavy atom. The molecular weight excluding hydrogens is 389 g/mol. The van der Waals surface area contributed by atoms with Gasteiger partial charge >= 0.3 is 0 Å². The summed E-state index contributed by atoms with van der Waals surface area (Å²) in [5, 5.41) is 3.96. The number of carbonyl (C=O) groups excluding carboxylic acids is 2. The van der Waals surface area contributed by atoms with Gasteiger partial charge in [-0.15, -0.1) is 11.3 Å². The number of Topliss-reactive ketones (excluding diaryl/α,β-unsaturated/α-hetero) is 1. The lowest BCUT2D eigenvalue weighted by molar-refractivity contribution is -0.113. The lowest BCUT2D eigenvalue weighted by Gasteiger charge is -2.28. The van der Waals surface area contributed by atoms with Crippen LogP contribution in [-0.2, 0) is 4.79 Å². The van der Waals surface area contributed by atoms with Crippen molar-refractivity contribution in [2.45, 2.75) is 19.8 Å². The first-order valence-corrected chi connectivity index (χ1v) is 9.81. The number of carbonyl (C=O) groups is 2. The molecule has 5 nitrogen and oxygen atoms in total. The highest BCUT2D eigenvalue weighted by Gasteiger charge is 2.36. The second kappa shape index (κ2) is 7.25. The average molecular weight is 407 g/mol. The molecule has 7 heteroatoms. The van der Waals surface area contributed by atoms with Crippen LogP contribution in [0.5, 0.6) is 0 Å². The molecule has 1 aliphatic rings. The van der Waals surface area contributed by atoms with E-state index in [1.807, 2.05) is 13.0 Å². The number of allylic oxidation sites excluding steroid dienone is 2. The van der Waals surface area contributed by atoms with Crippen LogP contribution in [0.3, 0.4) is 0 Å². The maximum atomic E-state index is 13.2. The quantitative estimate of drug-likeness (QED) is 0.622. The number of ketones is 2. The number of fused-ring (bicyclic) bond motifs is 1. The smallest absolute Gasteiger partial charge is 0.205 e. The van der Waals surface area contributed by atoms with Crippen molar-refractivity contribution >= 4 is 33.6 Å². The van der Waals surface area contributed by atoms with Gasteiger partial charge in [-0.2, -0.15) is 0 Å². The van der Waals surface area contributed by atoms with E-state index in [4.69, 9.17) is 5.73 Å². The van der Waals surface area contributed by atoms with Crippen LogP contribution in [0.2, 0.25) is 0 Å². The summed E-state index contributed by atoms with van der Waals surface area (Å²) in [4.78, 5) is 30.0. The number of anilines is 2. The molecule has 0 amide bonds. The van der Waals surface area contributed by atoms with Crippen molar-refractivity contribution in [1.82, 2.24) is 4.98 Å². The van der Waals surface area contributed by atoms with Crippen LogP contribution < -0.4 is 11.1 Å². The number of nitrogens with one attached hydrogen (secondary N) is 1. The lowest BCUT2D eigenvalue weighted by atomic mass is 9.81. The Labute approximate surface area is 171 Å². The number of nitrogen functional groups attached to an aromatic ring is 1. The minimum atomic E-state index is -0.413. The van der Waals surface area contributed by atoms with Gasteiger partial charge in [0.05, 0.1) is 10.7 Å². The second-order valence-corrected chi connectivity index (χ2v) is 7.88. The summed E-state index contributed by atoms with van der Waals surface area (Å²) in [6.07, 6.45) is 3.37. The van der Waals surface area contributed by atoms with Gasteiger partial charge in [0, 0.05) is 40.7 Å². The number of halogens is 1. The van der Waals surface area contributed by atoms with Crippen molar-refractivity contribution in [2.75, 3.05) is 11.1 Å². The van der Waals surface area contributed by atoms with Gasteiger partial charge in [0.1, 0.15) is 10.7 Å². The third-order valence-corrected chi connectivity index (χ3v) is 6.11. The summed E-state index contributed by atoms with van der Waals surface area (Å²) in [7, 11) is 0. The Morgan fingerprint density at radius 1 is 1.21 bits per heavy atom. The molecule has 4 rings (SSSR count). The van der Waals surface area contributed by atoms with E-state index < -0.39 is 11.7 Å². The molecule has 3 aromatic rings. The predicted octanol–water partition coefficient (Wildman–Crippen LogP) is 4.52. The Balaban J connectivity index is 1.88. The van der Waals surface area contributed by atoms with Crippen molar-refractivity contribution in [3.63, 3.8) is 0 Å². The second-order valence-electron chi connectivity index (χ2n) is 6.86. The van der Waals surface area contributed by atoms with Crippen LogP contribution in [0.1, 0.15) is 46.1 Å². The number of hydrogen-bond donors (Lipinski definition) is 2. The van der Waals surface area contributed by atoms with Gasteiger partial charge in [0.15, 0.2) is 5.78 Å². The van der Waals surface area contributed by atoms with Crippen molar-refractivity contribution in [3.05, 3.63) is 87.4 Å². The maximum Gasteiger partial charge on any atom is 0.205 e. The summed E-state index contributed by atoms with van der Waals surface area (Å²) >= 11 is 1.24. The van der Waals surface area contributed by atoms with Crippen LogP contribution in [0, 0.1) is 5.82 Å². The SMILES string of the molecule is CC(=O)C1=C(C)Nc2sc(C(=O)c3ccc(F)cc3)c(N)c2C1c1cccnc1. The molecule has 0 fully saturated rings. The van der Waals surface area contributed by atoms with Crippen molar-refractivity contribution in [2.24, 2.45) is 0 Å². The molecule has 2 aromatic heterocycles. The Kier molecular flexibility index (Phi) is 4.76. The van der Waals surface area contributed by atoms with E-state index in [9.17, 15) is 14.0 Å². The van der Waals surface area contributed by atoms with Crippen molar-refractivity contribution < 1.29 is 14.0 Å². The fraction of sp³-hybridized carbons (Fsp3) is 0.136. The molecule has 146 valence electrons. The Hall–Kier alpha value is -3.32. The van der Waals surface area contributed by atoms with Gasteiger partial charge in [-0.05, 0) is 49.7 Å². The number of hydrogen-bond acceptors (Lipinski definition) is 6. The first kappa shape index (κ1) is 19.0. The van der Waals surface area contributed by atoms with Crippen LogP contribution in [-0.4, -0.2) is 16.6 Å². The molecule has 1 aliphatic heterocycles. The summed E-state index contributed by atoms with van der Waals surface area (Å²) < 4.78 is 13.2. The maximum absolute atomic E-state index is 13.2. The number of aromatic nitrogens is 1.